The molecule has 240 valence electrons. The monoisotopic (exact) mass is 668 g/mol. The first kappa shape index (κ1) is 29.6. The number of fused-ring (bicyclic) bond motifs is 5. The van der Waals surface area contributed by atoms with E-state index in [2.05, 4.69) is 204 Å². The van der Waals surface area contributed by atoms with Crippen molar-refractivity contribution in [2.75, 3.05) is 4.90 Å². The Morgan fingerprint density at radius 3 is 1.47 bits per heavy atom. The fraction of sp³-hybridized carbons (Fsp3) is 0. The van der Waals surface area contributed by atoms with Crippen LogP contribution < -0.4 is 4.90 Å². The summed E-state index contributed by atoms with van der Waals surface area (Å²) >= 11 is 1.87. The molecule has 0 atom stereocenters. The number of hydrogen-bond donors (Lipinski definition) is 0. The second-order valence-corrected chi connectivity index (χ2v) is 14.0. The Hall–Kier alpha value is -6.29. The van der Waals surface area contributed by atoms with E-state index in [0.717, 1.165) is 17.1 Å². The summed E-state index contributed by atoms with van der Waals surface area (Å²) in [5, 5.41) is 2.59. The molecule has 0 aliphatic carbocycles. The predicted octanol–water partition coefficient (Wildman–Crippen LogP) is 13.7. The fourth-order valence-electron chi connectivity index (χ4n) is 7.61. The minimum atomic E-state index is 1.11. The Balaban J connectivity index is 1.08. The highest BCUT2D eigenvalue weighted by molar-refractivity contribution is 7.99. The maximum absolute atomic E-state index is 2.46. The van der Waals surface area contributed by atoms with Crippen LogP contribution in [-0.2, 0) is 0 Å². The van der Waals surface area contributed by atoms with Crippen molar-refractivity contribution in [3.8, 4) is 39.1 Å². The van der Waals surface area contributed by atoms with Gasteiger partial charge in [-0.15, -0.1) is 0 Å². The molecule has 0 unspecified atom stereocenters. The van der Waals surface area contributed by atoms with Crippen LogP contribution in [-0.4, -0.2) is 4.57 Å². The van der Waals surface area contributed by atoms with Crippen molar-refractivity contribution in [2.45, 2.75) is 9.79 Å². The summed E-state index contributed by atoms with van der Waals surface area (Å²) < 4.78 is 2.46. The standard InChI is InChI=1S/C48H32N2S/c1-3-11-33(12-4-1)35-21-27-38(28-22-35)49(39-29-23-36(24-30-39)34-13-5-2-6-14-34)40-31-25-37(26-32-40)41-15-9-18-44-47(41)42-16-10-20-46-48(42)50(44)43-17-7-8-19-45(43)51-46/h1-32H. The lowest BCUT2D eigenvalue weighted by Gasteiger charge is -2.26. The molecule has 0 spiro atoms. The Morgan fingerprint density at radius 1 is 0.373 bits per heavy atom. The number of hydrogen-bond acceptors (Lipinski definition) is 2. The molecule has 1 aliphatic heterocycles. The molecule has 0 N–H and O–H groups in total. The van der Waals surface area contributed by atoms with E-state index in [-0.39, 0.29) is 0 Å². The molecular weight excluding hydrogens is 637 g/mol. The summed E-state index contributed by atoms with van der Waals surface area (Å²) in [6.07, 6.45) is 0. The van der Waals surface area contributed by atoms with Crippen LogP contribution in [0.5, 0.6) is 0 Å². The van der Waals surface area contributed by atoms with E-state index in [9.17, 15) is 0 Å². The molecule has 1 aliphatic rings. The Kier molecular flexibility index (Phi) is 7.11. The van der Waals surface area contributed by atoms with Gasteiger partial charge in [-0.1, -0.05) is 145 Å². The molecule has 0 radical (unpaired) electrons. The van der Waals surface area contributed by atoms with Gasteiger partial charge in [-0.05, 0) is 94.0 Å². The van der Waals surface area contributed by atoms with Crippen LogP contribution in [0.25, 0.3) is 60.9 Å². The Labute approximate surface area is 301 Å². The topological polar surface area (TPSA) is 8.17 Å². The van der Waals surface area contributed by atoms with Crippen LogP contribution in [0.4, 0.5) is 17.1 Å². The molecule has 0 fully saturated rings. The van der Waals surface area contributed by atoms with Crippen molar-refractivity contribution in [1.29, 1.82) is 0 Å². The van der Waals surface area contributed by atoms with Gasteiger partial charge in [0.1, 0.15) is 0 Å². The number of aromatic nitrogens is 1. The van der Waals surface area contributed by atoms with Crippen molar-refractivity contribution >= 4 is 50.6 Å². The SMILES string of the molecule is c1ccc(-c2ccc(N(c3ccc(-c4ccccc4)cc3)c3ccc(-c4cccc5c4c4cccc6c4n5-c4ccccc4S6)cc3)cc2)cc1. The maximum atomic E-state index is 2.46. The quantitative estimate of drug-likeness (QED) is 0.174. The van der Waals surface area contributed by atoms with E-state index in [1.54, 1.807) is 0 Å². The van der Waals surface area contributed by atoms with Gasteiger partial charge in [-0.25, -0.2) is 0 Å². The summed E-state index contributed by atoms with van der Waals surface area (Å²) in [5.41, 5.74) is 14.4. The second kappa shape index (κ2) is 12.2. The van der Waals surface area contributed by atoms with E-state index in [4.69, 9.17) is 0 Å². The van der Waals surface area contributed by atoms with Crippen molar-refractivity contribution in [2.24, 2.45) is 0 Å². The Morgan fingerprint density at radius 2 is 0.863 bits per heavy atom. The summed E-state index contributed by atoms with van der Waals surface area (Å²) in [4.78, 5) is 4.94. The van der Waals surface area contributed by atoms with Gasteiger partial charge in [0.05, 0.1) is 16.7 Å². The van der Waals surface area contributed by atoms with Gasteiger partial charge >= 0.3 is 0 Å². The first-order chi connectivity index (χ1) is 25.3. The highest BCUT2D eigenvalue weighted by Gasteiger charge is 2.24. The van der Waals surface area contributed by atoms with Gasteiger partial charge < -0.3 is 9.47 Å². The van der Waals surface area contributed by atoms with Gasteiger partial charge in [0.15, 0.2) is 0 Å². The molecule has 3 heteroatoms. The summed E-state index contributed by atoms with van der Waals surface area (Å²) in [6.45, 7) is 0. The average Bonchev–Trinajstić information content (AvgIpc) is 3.56. The highest BCUT2D eigenvalue weighted by Crippen LogP contribution is 2.48. The molecule has 2 nitrogen and oxygen atoms in total. The largest absolute Gasteiger partial charge is 0.311 e. The lowest BCUT2D eigenvalue weighted by Crippen LogP contribution is -2.09. The lowest BCUT2D eigenvalue weighted by atomic mass is 9.99. The van der Waals surface area contributed by atoms with Gasteiger partial charge in [0.2, 0.25) is 0 Å². The summed E-state index contributed by atoms with van der Waals surface area (Å²) in [6, 6.07) is 70.2. The third kappa shape index (κ3) is 5.05. The van der Waals surface area contributed by atoms with Crippen molar-refractivity contribution in [1.82, 2.24) is 4.57 Å². The summed E-state index contributed by atoms with van der Waals surface area (Å²) in [7, 11) is 0. The second-order valence-electron chi connectivity index (χ2n) is 13.0. The van der Waals surface area contributed by atoms with E-state index in [1.165, 1.54) is 70.7 Å². The molecular formula is C48H32N2S. The third-order valence-corrected chi connectivity index (χ3v) is 11.1. The first-order valence-electron chi connectivity index (χ1n) is 17.4. The third-order valence-electron chi connectivity index (χ3n) is 10.0. The van der Waals surface area contributed by atoms with Crippen LogP contribution in [0, 0.1) is 0 Å². The minimum Gasteiger partial charge on any atom is -0.311 e. The zero-order chi connectivity index (χ0) is 33.7. The smallest absolute Gasteiger partial charge is 0.0681 e. The average molecular weight is 669 g/mol. The van der Waals surface area contributed by atoms with Crippen molar-refractivity contribution in [3.63, 3.8) is 0 Å². The van der Waals surface area contributed by atoms with E-state index < -0.39 is 0 Å². The first-order valence-corrected chi connectivity index (χ1v) is 18.2. The number of rotatable bonds is 6. The molecule has 1 aromatic heterocycles. The lowest BCUT2D eigenvalue weighted by molar-refractivity contribution is 1.09. The van der Waals surface area contributed by atoms with Crippen LogP contribution in [0.2, 0.25) is 0 Å². The van der Waals surface area contributed by atoms with Gasteiger partial charge in [-0.3, -0.25) is 0 Å². The van der Waals surface area contributed by atoms with Gasteiger partial charge in [0.25, 0.3) is 0 Å². The van der Waals surface area contributed by atoms with Gasteiger partial charge in [-0.2, -0.15) is 0 Å². The number of para-hydroxylation sites is 2. The zero-order valence-electron chi connectivity index (χ0n) is 27.8. The Bertz CT molecular complexity index is 2590. The van der Waals surface area contributed by atoms with Crippen molar-refractivity contribution < 1.29 is 0 Å². The molecule has 9 aromatic rings. The number of benzene rings is 8. The van der Waals surface area contributed by atoms with Crippen LogP contribution >= 0.6 is 11.8 Å². The molecule has 0 saturated heterocycles. The highest BCUT2D eigenvalue weighted by atomic mass is 32.2. The van der Waals surface area contributed by atoms with E-state index >= 15 is 0 Å². The summed E-state index contributed by atoms with van der Waals surface area (Å²) in [5.74, 6) is 0. The van der Waals surface area contributed by atoms with Crippen LogP contribution in [0.1, 0.15) is 0 Å². The van der Waals surface area contributed by atoms with Crippen LogP contribution in [0.3, 0.4) is 0 Å². The molecule has 0 saturated carbocycles. The molecule has 2 heterocycles. The molecule has 10 rings (SSSR count). The van der Waals surface area contributed by atoms with Gasteiger partial charge in [0, 0.05) is 37.6 Å². The van der Waals surface area contributed by atoms with E-state index in [0.29, 0.717) is 0 Å². The van der Waals surface area contributed by atoms with E-state index in [1.807, 2.05) is 11.8 Å². The molecule has 8 aromatic carbocycles. The van der Waals surface area contributed by atoms with Crippen LogP contribution in [0.15, 0.2) is 204 Å². The number of nitrogens with zero attached hydrogens (tertiary/aromatic N) is 2. The number of anilines is 3. The molecule has 51 heavy (non-hydrogen) atoms. The zero-order valence-corrected chi connectivity index (χ0v) is 28.6. The molecule has 0 bridgehead atoms. The van der Waals surface area contributed by atoms with Crippen molar-refractivity contribution in [3.05, 3.63) is 194 Å². The fourth-order valence-corrected chi connectivity index (χ4v) is 8.70. The molecule has 0 amide bonds. The predicted molar refractivity (Wildman–Crippen MR) is 216 cm³/mol. The maximum Gasteiger partial charge on any atom is 0.0681 e. The normalized spacial score (nSPS) is 11.8. The minimum absolute atomic E-state index is 1.11.